The van der Waals surface area contributed by atoms with Crippen LogP contribution in [0.15, 0.2) is 73.1 Å². The van der Waals surface area contributed by atoms with Gasteiger partial charge in [-0.25, -0.2) is 14.8 Å². The van der Waals surface area contributed by atoms with E-state index in [-0.39, 0.29) is 11.5 Å². The summed E-state index contributed by atoms with van der Waals surface area (Å²) in [6, 6.07) is 17.5. The number of anilines is 2. The maximum absolute atomic E-state index is 12.6. The zero-order chi connectivity index (χ0) is 40.9. The third-order valence-electron chi connectivity index (χ3n) is 10.1. The number of aryl methyl sites for hydroxylation is 2. The molecule has 4 N–H and O–H groups in total. The van der Waals surface area contributed by atoms with E-state index in [0.29, 0.717) is 28.7 Å². The van der Waals surface area contributed by atoms with Gasteiger partial charge in [0.15, 0.2) is 0 Å². The number of methoxy groups -OCH3 is 2. The SMILES string of the molecule is COc1cc(B2OC(C)(C)C(C)(C)O2)ccc1C(=O)Nc1ccc(C)cn1.COc1cc(B2OC(C)(C)C(C)(C)O2)ccc1C(=O)O.Cc1ccc(N)nc1. The molecule has 4 aromatic rings. The van der Waals surface area contributed by atoms with E-state index in [4.69, 9.17) is 38.9 Å². The van der Waals surface area contributed by atoms with E-state index in [2.05, 4.69) is 15.3 Å². The van der Waals surface area contributed by atoms with E-state index in [9.17, 15) is 9.59 Å². The Morgan fingerprint density at radius 1 is 0.655 bits per heavy atom. The molecule has 0 aliphatic carbocycles. The van der Waals surface area contributed by atoms with Crippen LogP contribution < -0.4 is 31.4 Å². The zero-order valence-electron chi connectivity index (χ0n) is 33.8. The van der Waals surface area contributed by atoms with Crippen molar-refractivity contribution in [2.45, 2.75) is 91.6 Å². The summed E-state index contributed by atoms with van der Waals surface area (Å²) in [6.45, 7) is 19.8. The van der Waals surface area contributed by atoms with Gasteiger partial charge in [-0.05, 0) is 128 Å². The monoisotopic (exact) mass is 754 g/mol. The number of ether oxygens (including phenoxy) is 2. The fraction of sp³-hybridized carbons (Fsp3) is 0.400. The molecule has 0 radical (unpaired) electrons. The first-order valence-corrected chi connectivity index (χ1v) is 17.8. The average molecular weight is 754 g/mol. The van der Waals surface area contributed by atoms with Crippen LogP contribution in [0.5, 0.6) is 11.5 Å². The first kappa shape index (κ1) is 42.8. The number of amides is 1. The molecule has 2 saturated heterocycles. The number of nitrogens with two attached hydrogens (primary N) is 1. The highest BCUT2D eigenvalue weighted by Crippen LogP contribution is 2.38. The third-order valence-corrected chi connectivity index (χ3v) is 10.1. The Balaban J connectivity index is 0.000000209. The molecule has 2 aromatic carbocycles. The predicted molar refractivity (Wildman–Crippen MR) is 215 cm³/mol. The lowest BCUT2D eigenvalue weighted by Crippen LogP contribution is -2.41. The molecule has 2 aliphatic rings. The molecule has 0 saturated carbocycles. The van der Waals surface area contributed by atoms with Crippen molar-refractivity contribution in [3.05, 3.63) is 95.3 Å². The second-order valence-corrected chi connectivity index (χ2v) is 15.3. The summed E-state index contributed by atoms with van der Waals surface area (Å²) in [6.07, 6.45) is 3.45. The molecule has 2 fully saturated rings. The van der Waals surface area contributed by atoms with Gasteiger partial charge in [0.2, 0.25) is 0 Å². The molecule has 1 amide bonds. The molecule has 0 unspecified atom stereocenters. The Hall–Kier alpha value is -4.95. The minimum Gasteiger partial charge on any atom is -0.496 e. The number of nitrogen functional groups attached to an aromatic ring is 1. The van der Waals surface area contributed by atoms with E-state index >= 15 is 0 Å². The minimum absolute atomic E-state index is 0.118. The number of rotatable bonds is 7. The Labute approximate surface area is 324 Å². The largest absolute Gasteiger partial charge is 0.496 e. The number of carboxylic acids is 1. The molecule has 292 valence electrons. The van der Waals surface area contributed by atoms with Gasteiger partial charge in [-0.15, -0.1) is 0 Å². The molecule has 0 bridgehead atoms. The zero-order valence-corrected chi connectivity index (χ0v) is 33.8. The minimum atomic E-state index is -1.03. The topological polar surface area (TPSA) is 174 Å². The van der Waals surface area contributed by atoms with Crippen LogP contribution in [0, 0.1) is 13.8 Å². The molecular weight excluding hydrogens is 702 g/mol. The molecule has 15 heteroatoms. The fourth-order valence-electron chi connectivity index (χ4n) is 5.24. The molecule has 4 heterocycles. The lowest BCUT2D eigenvalue weighted by Gasteiger charge is -2.32. The van der Waals surface area contributed by atoms with Crippen molar-refractivity contribution in [1.82, 2.24) is 9.97 Å². The number of nitrogens with zero attached hydrogens (tertiary/aromatic N) is 2. The molecule has 0 spiro atoms. The first-order chi connectivity index (χ1) is 25.6. The summed E-state index contributed by atoms with van der Waals surface area (Å²) in [5.41, 5.74) is 7.82. The number of nitrogens with one attached hydrogen (secondary N) is 1. The normalized spacial score (nSPS) is 17.2. The molecule has 13 nitrogen and oxygen atoms in total. The molecule has 55 heavy (non-hydrogen) atoms. The van der Waals surface area contributed by atoms with Crippen molar-refractivity contribution in [2.75, 3.05) is 25.3 Å². The van der Waals surface area contributed by atoms with Gasteiger partial charge < -0.3 is 44.2 Å². The van der Waals surface area contributed by atoms with Crippen molar-refractivity contribution in [3.63, 3.8) is 0 Å². The van der Waals surface area contributed by atoms with Gasteiger partial charge in [0, 0.05) is 12.4 Å². The van der Waals surface area contributed by atoms with E-state index in [0.717, 1.165) is 22.1 Å². The number of benzene rings is 2. The number of hydrogen-bond acceptors (Lipinski definition) is 11. The Morgan fingerprint density at radius 3 is 1.44 bits per heavy atom. The van der Waals surface area contributed by atoms with E-state index < -0.39 is 42.6 Å². The van der Waals surface area contributed by atoms with Gasteiger partial charge in [-0.3, -0.25) is 4.79 Å². The second kappa shape index (κ2) is 16.8. The van der Waals surface area contributed by atoms with Crippen LogP contribution in [0.25, 0.3) is 0 Å². The summed E-state index contributed by atoms with van der Waals surface area (Å²) < 4.78 is 34.5. The second-order valence-electron chi connectivity index (χ2n) is 15.3. The number of carbonyl (C=O) groups is 2. The van der Waals surface area contributed by atoms with Crippen LogP contribution in [0.4, 0.5) is 11.6 Å². The fourth-order valence-corrected chi connectivity index (χ4v) is 5.24. The Kier molecular flexibility index (Phi) is 13.1. The van der Waals surface area contributed by atoms with Gasteiger partial charge in [-0.2, -0.15) is 0 Å². The lowest BCUT2D eigenvalue weighted by molar-refractivity contribution is 0.00578. The molecule has 2 aromatic heterocycles. The molecular formula is C40H52B2N4O9. The van der Waals surface area contributed by atoms with Crippen molar-refractivity contribution in [1.29, 1.82) is 0 Å². The number of carbonyl (C=O) groups excluding carboxylic acids is 1. The van der Waals surface area contributed by atoms with Crippen LogP contribution in [0.3, 0.4) is 0 Å². The van der Waals surface area contributed by atoms with Gasteiger partial charge >= 0.3 is 20.2 Å². The highest BCUT2D eigenvalue weighted by molar-refractivity contribution is 6.62. The smallest absolute Gasteiger partial charge is 0.494 e. The van der Waals surface area contributed by atoms with Crippen LogP contribution >= 0.6 is 0 Å². The predicted octanol–water partition coefficient (Wildman–Crippen LogP) is 5.61. The van der Waals surface area contributed by atoms with Crippen molar-refractivity contribution < 1.29 is 42.8 Å². The summed E-state index contributed by atoms with van der Waals surface area (Å²) >= 11 is 0. The summed E-state index contributed by atoms with van der Waals surface area (Å²) in [7, 11) is 1.93. The molecule has 2 aliphatic heterocycles. The van der Waals surface area contributed by atoms with Crippen LogP contribution in [0.1, 0.15) is 87.2 Å². The average Bonchev–Trinajstić information content (AvgIpc) is 3.49. The maximum Gasteiger partial charge on any atom is 0.494 e. The standard InChI is InChI=1S/C20H25BN2O4.C14H19BO5.C6H8N2/c1-13-7-10-17(22-12-13)23-18(24)15-9-8-14(11-16(15)25-6)21-26-19(2,3)20(4,5)27-21;1-13(2)14(3,4)20-15(19-13)9-6-7-10(12(16)17)11(8-9)18-5;1-5-2-3-6(7)8-4-5/h7-12H,1-6H3,(H,22,23,24);6-8H,1-5H3,(H,16,17);2-4H,1H3,(H2,7,8). The first-order valence-electron chi connectivity index (χ1n) is 17.8. The van der Waals surface area contributed by atoms with E-state index in [1.165, 1.54) is 20.3 Å². The van der Waals surface area contributed by atoms with Crippen LogP contribution in [-0.4, -0.2) is 77.8 Å². The number of carboxylic acid groups (broad SMARTS) is 1. The van der Waals surface area contributed by atoms with Gasteiger partial charge in [0.05, 0.1) is 42.2 Å². The summed E-state index contributed by atoms with van der Waals surface area (Å²) in [5.74, 6) is 0.501. The quantitative estimate of drug-likeness (QED) is 0.199. The number of aromatic carboxylic acids is 1. The van der Waals surface area contributed by atoms with E-state index in [1.54, 1.807) is 48.8 Å². The summed E-state index contributed by atoms with van der Waals surface area (Å²) in [5, 5.41) is 11.9. The van der Waals surface area contributed by atoms with Crippen molar-refractivity contribution in [2.24, 2.45) is 0 Å². The van der Waals surface area contributed by atoms with Gasteiger partial charge in [0.25, 0.3) is 5.91 Å². The van der Waals surface area contributed by atoms with Gasteiger partial charge in [0.1, 0.15) is 28.7 Å². The lowest BCUT2D eigenvalue weighted by atomic mass is 9.78. The van der Waals surface area contributed by atoms with Crippen LogP contribution in [0.2, 0.25) is 0 Å². The number of hydrogen-bond donors (Lipinski definition) is 3. The van der Waals surface area contributed by atoms with E-state index in [1.807, 2.05) is 87.4 Å². The molecule has 0 atom stereocenters. The summed E-state index contributed by atoms with van der Waals surface area (Å²) in [4.78, 5) is 31.8. The highest BCUT2D eigenvalue weighted by atomic mass is 16.7. The van der Waals surface area contributed by atoms with Crippen molar-refractivity contribution >= 4 is 48.7 Å². The third kappa shape index (κ3) is 10.2. The Bertz CT molecular complexity index is 1920. The Morgan fingerprint density at radius 2 is 1.07 bits per heavy atom. The maximum atomic E-state index is 12.6. The highest BCUT2D eigenvalue weighted by Gasteiger charge is 2.53. The van der Waals surface area contributed by atoms with Crippen molar-refractivity contribution in [3.8, 4) is 11.5 Å². The van der Waals surface area contributed by atoms with Gasteiger partial charge in [-0.1, -0.05) is 24.3 Å². The number of aromatic nitrogens is 2. The molecule has 6 rings (SSSR count). The van der Waals surface area contributed by atoms with Crippen LogP contribution in [-0.2, 0) is 18.6 Å². The number of pyridine rings is 2.